The van der Waals surface area contributed by atoms with Crippen LogP contribution in [0.2, 0.25) is 0 Å². The van der Waals surface area contributed by atoms with Gasteiger partial charge in [-0.15, -0.1) is 0 Å². The highest BCUT2D eigenvalue weighted by Crippen LogP contribution is 2.21. The molecule has 0 atom stereocenters. The van der Waals surface area contributed by atoms with Crippen molar-refractivity contribution in [2.75, 3.05) is 34.2 Å². The van der Waals surface area contributed by atoms with Gasteiger partial charge in [-0.1, -0.05) is 0 Å². The Kier molecular flexibility index (Phi) is 4.91. The van der Waals surface area contributed by atoms with E-state index in [0.717, 1.165) is 36.7 Å². The first-order chi connectivity index (χ1) is 11.4. The molecule has 0 saturated carbocycles. The number of halogens is 2. The molecular weight excluding hydrogens is 356 g/mol. The van der Waals surface area contributed by atoms with Crippen LogP contribution < -0.4 is 9.62 Å². The Bertz CT molecular complexity index is 803. The molecule has 1 aliphatic heterocycles. The smallest absolute Gasteiger partial charge is 0.263 e. The standard InChI is InChI=1S/C15H15F2N3O2S2/c16-11-7-12(17)9-13(8-11)19-24(21,22)14-1-2-15(18-10-14)20-3-5-23-6-4-20/h1-2,7-10,19H,3-6H2. The lowest BCUT2D eigenvalue weighted by Gasteiger charge is -2.27. The van der Waals surface area contributed by atoms with E-state index in [-0.39, 0.29) is 10.6 Å². The molecule has 0 unspecified atom stereocenters. The van der Waals surface area contributed by atoms with E-state index in [1.54, 1.807) is 6.07 Å². The van der Waals surface area contributed by atoms with Crippen molar-refractivity contribution in [2.24, 2.45) is 0 Å². The Labute approximate surface area is 143 Å². The summed E-state index contributed by atoms with van der Waals surface area (Å²) in [6, 6.07) is 5.56. The molecule has 1 fully saturated rings. The monoisotopic (exact) mass is 371 g/mol. The van der Waals surface area contributed by atoms with E-state index in [1.807, 2.05) is 11.8 Å². The van der Waals surface area contributed by atoms with E-state index in [4.69, 9.17) is 0 Å². The predicted molar refractivity (Wildman–Crippen MR) is 90.9 cm³/mol. The molecule has 2 heterocycles. The van der Waals surface area contributed by atoms with Crippen LogP contribution >= 0.6 is 11.8 Å². The third-order valence-corrected chi connectivity index (χ3v) is 5.79. The molecule has 1 N–H and O–H groups in total. The number of rotatable bonds is 4. The van der Waals surface area contributed by atoms with Gasteiger partial charge in [-0.05, 0) is 24.3 Å². The van der Waals surface area contributed by atoms with Crippen molar-refractivity contribution in [3.05, 3.63) is 48.2 Å². The van der Waals surface area contributed by atoms with Crippen LogP contribution in [0.3, 0.4) is 0 Å². The number of sulfonamides is 1. The third-order valence-electron chi connectivity index (χ3n) is 3.48. The summed E-state index contributed by atoms with van der Waals surface area (Å²) in [5.74, 6) is 1.02. The Morgan fingerprint density at radius 1 is 1.08 bits per heavy atom. The van der Waals surface area contributed by atoms with Crippen molar-refractivity contribution in [1.82, 2.24) is 4.98 Å². The molecule has 0 bridgehead atoms. The van der Waals surface area contributed by atoms with Gasteiger partial charge in [-0.2, -0.15) is 11.8 Å². The zero-order valence-corrected chi connectivity index (χ0v) is 14.2. The fourth-order valence-corrected chi connectivity index (χ4v) is 4.23. The molecule has 128 valence electrons. The molecule has 0 aliphatic carbocycles. The maximum Gasteiger partial charge on any atom is 0.263 e. The fraction of sp³-hybridized carbons (Fsp3) is 0.267. The molecule has 0 amide bonds. The summed E-state index contributed by atoms with van der Waals surface area (Å²) >= 11 is 1.87. The van der Waals surface area contributed by atoms with Crippen molar-refractivity contribution in [2.45, 2.75) is 4.90 Å². The van der Waals surface area contributed by atoms with Crippen molar-refractivity contribution in [1.29, 1.82) is 0 Å². The molecular formula is C15H15F2N3O2S2. The van der Waals surface area contributed by atoms with Crippen LogP contribution in [0.15, 0.2) is 41.4 Å². The van der Waals surface area contributed by atoms with E-state index >= 15 is 0 Å². The molecule has 3 rings (SSSR count). The van der Waals surface area contributed by atoms with Gasteiger partial charge in [0.1, 0.15) is 22.3 Å². The summed E-state index contributed by atoms with van der Waals surface area (Å²) in [5.41, 5.74) is -0.176. The van der Waals surface area contributed by atoms with Crippen LogP contribution in [0.25, 0.3) is 0 Å². The first-order valence-electron chi connectivity index (χ1n) is 7.22. The van der Waals surface area contributed by atoms with Crippen LogP contribution in [0, 0.1) is 11.6 Å². The second-order valence-corrected chi connectivity index (χ2v) is 8.12. The Hall–Kier alpha value is -1.87. The maximum absolute atomic E-state index is 13.2. The quantitative estimate of drug-likeness (QED) is 0.895. The van der Waals surface area contributed by atoms with Crippen LogP contribution in [0.5, 0.6) is 0 Å². The first kappa shape index (κ1) is 17.0. The lowest BCUT2D eigenvalue weighted by molar-refractivity contribution is 0.584. The van der Waals surface area contributed by atoms with Gasteiger partial charge in [-0.3, -0.25) is 4.72 Å². The maximum atomic E-state index is 13.2. The SMILES string of the molecule is O=S(=O)(Nc1cc(F)cc(F)c1)c1ccc(N2CCSCC2)nc1. The molecule has 1 saturated heterocycles. The molecule has 1 aromatic carbocycles. The van der Waals surface area contributed by atoms with E-state index < -0.39 is 21.7 Å². The molecule has 9 heteroatoms. The molecule has 0 spiro atoms. The summed E-state index contributed by atoms with van der Waals surface area (Å²) in [4.78, 5) is 6.21. The minimum absolute atomic E-state index is 0.0673. The van der Waals surface area contributed by atoms with Crippen molar-refractivity contribution in [3.8, 4) is 0 Å². The fourth-order valence-electron chi connectivity index (χ4n) is 2.34. The molecule has 0 radical (unpaired) electrons. The van der Waals surface area contributed by atoms with Gasteiger partial charge in [0.2, 0.25) is 0 Å². The topological polar surface area (TPSA) is 62.3 Å². The van der Waals surface area contributed by atoms with Gasteiger partial charge in [0.15, 0.2) is 0 Å². The predicted octanol–water partition coefficient (Wildman–Crippen LogP) is 2.71. The largest absolute Gasteiger partial charge is 0.355 e. The van der Waals surface area contributed by atoms with Crippen LogP contribution in [-0.4, -0.2) is 38.0 Å². The summed E-state index contributed by atoms with van der Waals surface area (Å²) in [5, 5.41) is 0. The van der Waals surface area contributed by atoms with Crippen molar-refractivity contribution in [3.63, 3.8) is 0 Å². The van der Waals surface area contributed by atoms with Crippen LogP contribution in [0.4, 0.5) is 20.3 Å². The van der Waals surface area contributed by atoms with Gasteiger partial charge in [0.25, 0.3) is 10.0 Å². The highest BCUT2D eigenvalue weighted by molar-refractivity contribution is 7.99. The number of hydrogen-bond acceptors (Lipinski definition) is 5. The van der Waals surface area contributed by atoms with E-state index in [1.165, 1.54) is 12.3 Å². The normalized spacial score (nSPS) is 15.3. The van der Waals surface area contributed by atoms with E-state index in [0.29, 0.717) is 11.9 Å². The minimum Gasteiger partial charge on any atom is -0.355 e. The average Bonchev–Trinajstić information content (AvgIpc) is 2.54. The number of pyridine rings is 1. The minimum atomic E-state index is -3.96. The summed E-state index contributed by atoms with van der Waals surface area (Å²) in [6.07, 6.45) is 1.25. The number of thioether (sulfide) groups is 1. The lowest BCUT2D eigenvalue weighted by atomic mass is 10.3. The molecule has 1 aromatic heterocycles. The van der Waals surface area contributed by atoms with Gasteiger partial charge < -0.3 is 4.90 Å². The Morgan fingerprint density at radius 2 is 1.75 bits per heavy atom. The Balaban J connectivity index is 1.79. The number of nitrogens with zero attached hydrogens (tertiary/aromatic N) is 2. The zero-order chi connectivity index (χ0) is 17.2. The molecule has 5 nitrogen and oxygen atoms in total. The molecule has 24 heavy (non-hydrogen) atoms. The van der Waals surface area contributed by atoms with Crippen LogP contribution in [0.1, 0.15) is 0 Å². The highest BCUT2D eigenvalue weighted by Gasteiger charge is 2.18. The zero-order valence-electron chi connectivity index (χ0n) is 12.6. The number of nitrogens with one attached hydrogen (secondary N) is 1. The van der Waals surface area contributed by atoms with E-state index in [2.05, 4.69) is 14.6 Å². The number of aromatic nitrogens is 1. The third kappa shape index (κ3) is 3.96. The van der Waals surface area contributed by atoms with Gasteiger partial charge >= 0.3 is 0 Å². The van der Waals surface area contributed by atoms with Gasteiger partial charge in [0.05, 0.1) is 5.69 Å². The van der Waals surface area contributed by atoms with Crippen molar-refractivity contribution < 1.29 is 17.2 Å². The summed E-state index contributed by atoms with van der Waals surface area (Å²) in [6.45, 7) is 1.73. The van der Waals surface area contributed by atoms with Crippen LogP contribution in [-0.2, 0) is 10.0 Å². The number of benzene rings is 1. The molecule has 2 aromatic rings. The average molecular weight is 371 g/mol. The van der Waals surface area contributed by atoms with Gasteiger partial charge in [-0.25, -0.2) is 22.2 Å². The summed E-state index contributed by atoms with van der Waals surface area (Å²) in [7, 11) is -3.96. The van der Waals surface area contributed by atoms with Gasteiger partial charge in [0, 0.05) is 36.9 Å². The first-order valence-corrected chi connectivity index (χ1v) is 9.85. The second kappa shape index (κ2) is 6.94. The lowest BCUT2D eigenvalue weighted by Crippen LogP contribution is -2.33. The number of hydrogen-bond donors (Lipinski definition) is 1. The second-order valence-electron chi connectivity index (χ2n) is 5.22. The molecule has 1 aliphatic rings. The van der Waals surface area contributed by atoms with Crippen molar-refractivity contribution >= 4 is 33.3 Å². The van der Waals surface area contributed by atoms with E-state index in [9.17, 15) is 17.2 Å². The highest BCUT2D eigenvalue weighted by atomic mass is 32.2. The number of anilines is 2. The summed E-state index contributed by atoms with van der Waals surface area (Å²) < 4.78 is 53.1. The Morgan fingerprint density at radius 3 is 2.33 bits per heavy atom.